The maximum atomic E-state index is 11.8. The van der Waals surface area contributed by atoms with E-state index in [4.69, 9.17) is 20.7 Å². The van der Waals surface area contributed by atoms with Crippen LogP contribution in [0.4, 0.5) is 17.5 Å². The van der Waals surface area contributed by atoms with Crippen LogP contribution in [0.2, 0.25) is 0 Å². The first kappa shape index (κ1) is 16.0. The molecule has 22 heavy (non-hydrogen) atoms. The lowest BCUT2D eigenvalue weighted by Gasteiger charge is -2.02. The summed E-state index contributed by atoms with van der Waals surface area (Å²) in [5.41, 5.74) is 11.1. The highest BCUT2D eigenvalue weighted by Crippen LogP contribution is 2.16. The van der Waals surface area contributed by atoms with Crippen molar-refractivity contribution in [2.24, 2.45) is 0 Å². The van der Waals surface area contributed by atoms with Gasteiger partial charge in [0.2, 0.25) is 17.7 Å². The van der Waals surface area contributed by atoms with Gasteiger partial charge in [0.15, 0.2) is 5.16 Å². The van der Waals surface area contributed by atoms with E-state index in [0.717, 1.165) is 11.8 Å². The molecule has 0 fully saturated rings. The average molecular weight is 326 g/mol. The van der Waals surface area contributed by atoms with Gasteiger partial charge in [0.05, 0.1) is 5.75 Å². The van der Waals surface area contributed by atoms with Crippen LogP contribution in [-0.4, -0.2) is 40.6 Å². The third kappa shape index (κ3) is 4.86. The number of carbonyl (C=O) groups is 1. The van der Waals surface area contributed by atoms with Gasteiger partial charge in [-0.25, -0.2) is 9.97 Å². The van der Waals surface area contributed by atoms with E-state index >= 15 is 0 Å². The van der Waals surface area contributed by atoms with Crippen LogP contribution in [0, 0.1) is 0 Å². The quantitative estimate of drug-likeness (QED) is 0.341. The van der Waals surface area contributed by atoms with Gasteiger partial charge in [0.1, 0.15) is 18.2 Å². The number of anilines is 3. The molecule has 10 nitrogen and oxygen atoms in total. The monoisotopic (exact) mass is 326 g/mol. The van der Waals surface area contributed by atoms with E-state index in [-0.39, 0.29) is 29.2 Å². The predicted octanol–water partition coefficient (Wildman–Crippen LogP) is -0.706. The second-order valence-electron chi connectivity index (χ2n) is 4.16. The van der Waals surface area contributed by atoms with Crippen LogP contribution in [0.1, 0.15) is 0 Å². The molecule has 11 heteroatoms. The fourth-order valence-corrected chi connectivity index (χ4v) is 2.13. The van der Waals surface area contributed by atoms with E-state index in [0.29, 0.717) is 18.3 Å². The Bertz CT molecular complexity index is 628. The highest BCUT2D eigenvalue weighted by molar-refractivity contribution is 7.99. The number of carbonyl (C=O) groups excluding carboxylic acids is 1. The van der Waals surface area contributed by atoms with Crippen LogP contribution in [0.25, 0.3) is 0 Å². The van der Waals surface area contributed by atoms with Gasteiger partial charge in [-0.15, -0.1) is 0 Å². The zero-order valence-corrected chi connectivity index (χ0v) is 12.7. The molecule has 0 aliphatic rings. The second kappa shape index (κ2) is 7.56. The van der Waals surface area contributed by atoms with Crippen LogP contribution < -0.4 is 21.5 Å². The fraction of sp³-hybridized carbons (Fsp3) is 0.364. The molecule has 0 aromatic carbocycles. The standard InChI is InChI=1S/C11H15N7O3S/c1-20-3-2-18-5-10(21-17-18)16-9(19)6-22-11-14-7(12)4-8(13)15-11/h4-5H,2-3,6H2,1H3,(H4-,12,13,14,15,16,17,19)/p+1. The molecule has 2 heterocycles. The Morgan fingerprint density at radius 3 is 2.86 bits per heavy atom. The van der Waals surface area contributed by atoms with E-state index < -0.39 is 0 Å². The number of nitrogens with one attached hydrogen (secondary N) is 1. The number of ether oxygens (including phenoxy) is 1. The topological polar surface area (TPSA) is 146 Å². The van der Waals surface area contributed by atoms with Crippen molar-refractivity contribution in [2.75, 3.05) is 36.3 Å². The van der Waals surface area contributed by atoms with Gasteiger partial charge < -0.3 is 16.2 Å². The van der Waals surface area contributed by atoms with Crippen molar-refractivity contribution < 1.29 is 18.7 Å². The smallest absolute Gasteiger partial charge is 0.302 e. The molecule has 0 atom stereocenters. The summed E-state index contributed by atoms with van der Waals surface area (Å²) in [7, 11) is 1.59. The summed E-state index contributed by atoms with van der Waals surface area (Å²) >= 11 is 1.11. The number of amides is 1. The summed E-state index contributed by atoms with van der Waals surface area (Å²) in [5.74, 6) is 0.552. The first-order chi connectivity index (χ1) is 10.6. The van der Waals surface area contributed by atoms with Crippen molar-refractivity contribution in [3.63, 3.8) is 0 Å². The van der Waals surface area contributed by atoms with Crippen LogP contribution in [0.5, 0.6) is 0 Å². The minimum absolute atomic E-state index is 0.0850. The number of rotatable bonds is 7. The maximum Gasteiger partial charge on any atom is 0.302 e. The molecular formula is C11H16N7O3S+. The Balaban J connectivity index is 1.83. The van der Waals surface area contributed by atoms with E-state index in [1.807, 2.05) is 0 Å². The Morgan fingerprint density at radius 2 is 2.18 bits per heavy atom. The Labute approximate surface area is 130 Å². The molecule has 2 rings (SSSR count). The largest absolute Gasteiger partial charge is 0.383 e. The highest BCUT2D eigenvalue weighted by Gasteiger charge is 2.14. The number of aromatic nitrogens is 4. The third-order valence-corrected chi connectivity index (χ3v) is 3.22. The van der Waals surface area contributed by atoms with Gasteiger partial charge in [-0.2, -0.15) is 0 Å². The fourth-order valence-electron chi connectivity index (χ4n) is 1.45. The number of methoxy groups -OCH3 is 1. The average Bonchev–Trinajstić information content (AvgIpc) is 2.89. The predicted molar refractivity (Wildman–Crippen MR) is 78.8 cm³/mol. The minimum atomic E-state index is -0.287. The summed E-state index contributed by atoms with van der Waals surface area (Å²) in [6.07, 6.45) is 1.57. The molecule has 0 unspecified atom stereocenters. The number of nitrogens with two attached hydrogens (primary N) is 2. The van der Waals surface area contributed by atoms with Crippen molar-refractivity contribution >= 4 is 35.2 Å². The molecule has 0 saturated carbocycles. The zero-order valence-electron chi connectivity index (χ0n) is 11.9. The van der Waals surface area contributed by atoms with E-state index in [2.05, 4.69) is 20.6 Å². The van der Waals surface area contributed by atoms with Crippen LogP contribution in [-0.2, 0) is 16.1 Å². The lowest BCUT2D eigenvalue weighted by Crippen LogP contribution is -2.36. The van der Waals surface area contributed by atoms with Crippen molar-refractivity contribution in [3.8, 4) is 0 Å². The van der Waals surface area contributed by atoms with E-state index in [9.17, 15) is 4.79 Å². The van der Waals surface area contributed by atoms with Gasteiger partial charge in [0, 0.05) is 13.2 Å². The van der Waals surface area contributed by atoms with Gasteiger partial charge in [0.25, 0.3) is 6.20 Å². The van der Waals surface area contributed by atoms with Crippen LogP contribution in [0.3, 0.4) is 0 Å². The van der Waals surface area contributed by atoms with Gasteiger partial charge in [-0.1, -0.05) is 11.8 Å². The molecule has 0 radical (unpaired) electrons. The van der Waals surface area contributed by atoms with Crippen molar-refractivity contribution in [1.82, 2.24) is 15.2 Å². The highest BCUT2D eigenvalue weighted by atomic mass is 32.2. The van der Waals surface area contributed by atoms with Crippen molar-refractivity contribution in [3.05, 3.63) is 12.3 Å². The van der Waals surface area contributed by atoms with Crippen LogP contribution in [0.15, 0.2) is 21.9 Å². The molecule has 0 bridgehead atoms. The molecule has 0 aliphatic heterocycles. The number of thioether (sulfide) groups is 1. The van der Waals surface area contributed by atoms with E-state index in [1.54, 1.807) is 13.3 Å². The number of nitrogen functional groups attached to an aromatic ring is 2. The summed E-state index contributed by atoms with van der Waals surface area (Å²) < 4.78 is 11.4. The zero-order chi connectivity index (χ0) is 15.9. The number of nitrogens with zero attached hydrogens (tertiary/aromatic N) is 4. The van der Waals surface area contributed by atoms with Crippen molar-refractivity contribution in [1.29, 1.82) is 0 Å². The lowest BCUT2D eigenvalue weighted by atomic mass is 10.5. The first-order valence-corrected chi connectivity index (χ1v) is 7.23. The summed E-state index contributed by atoms with van der Waals surface area (Å²) in [4.78, 5) is 19.7. The molecule has 2 aromatic heterocycles. The molecule has 118 valence electrons. The SMILES string of the molecule is COCC[n+]1cc(NC(=O)CSc2nc(N)cc(N)n2)on1. The Kier molecular flexibility index (Phi) is 5.49. The normalized spacial score (nSPS) is 10.6. The number of hydrogen-bond donors (Lipinski definition) is 3. The van der Waals surface area contributed by atoms with E-state index in [1.165, 1.54) is 10.7 Å². The number of hydrogen-bond acceptors (Lipinski definition) is 9. The Morgan fingerprint density at radius 1 is 1.45 bits per heavy atom. The molecule has 2 aromatic rings. The van der Waals surface area contributed by atoms with Crippen molar-refractivity contribution in [2.45, 2.75) is 11.7 Å². The molecule has 0 aliphatic carbocycles. The Hall–Kier alpha value is -2.40. The first-order valence-electron chi connectivity index (χ1n) is 6.25. The molecule has 1 amide bonds. The molecule has 0 saturated heterocycles. The van der Waals surface area contributed by atoms with Gasteiger partial charge >= 0.3 is 5.88 Å². The summed E-state index contributed by atoms with van der Waals surface area (Å²) in [6.45, 7) is 1.02. The van der Waals surface area contributed by atoms with Gasteiger partial charge in [-0.05, 0) is 4.68 Å². The molecular weight excluding hydrogens is 310 g/mol. The third-order valence-electron chi connectivity index (χ3n) is 2.38. The summed E-state index contributed by atoms with van der Waals surface area (Å²) in [5, 5.41) is 6.63. The van der Waals surface area contributed by atoms with Gasteiger partial charge in [-0.3, -0.25) is 14.6 Å². The minimum Gasteiger partial charge on any atom is -0.383 e. The lowest BCUT2D eigenvalue weighted by molar-refractivity contribution is -0.763. The maximum absolute atomic E-state index is 11.8. The second-order valence-corrected chi connectivity index (χ2v) is 5.10. The summed E-state index contributed by atoms with van der Waals surface area (Å²) in [6, 6.07) is 1.44. The molecule has 5 N–H and O–H groups in total. The van der Waals surface area contributed by atoms with Crippen LogP contribution >= 0.6 is 11.8 Å². The molecule has 0 spiro atoms.